The van der Waals surface area contributed by atoms with E-state index in [9.17, 15) is 4.79 Å². The summed E-state index contributed by atoms with van der Waals surface area (Å²) in [5.74, 6) is 0.344. The van der Waals surface area contributed by atoms with E-state index in [0.717, 1.165) is 44.1 Å². The maximum absolute atomic E-state index is 12.4. The fraction of sp³-hybridized carbons (Fsp3) is 0.364. The zero-order chi connectivity index (χ0) is 21.5. The van der Waals surface area contributed by atoms with Gasteiger partial charge in [-0.25, -0.2) is 0 Å². The van der Waals surface area contributed by atoms with E-state index >= 15 is 0 Å². The Kier molecular flexibility index (Phi) is 7.90. The monoisotopic (exact) mass is 446 g/mol. The molecule has 0 saturated carbocycles. The lowest BCUT2D eigenvalue weighted by molar-refractivity contribution is 0.0977. The van der Waals surface area contributed by atoms with E-state index in [1.165, 1.54) is 0 Å². The van der Waals surface area contributed by atoms with Crippen LogP contribution < -0.4 is 20.3 Å². The van der Waals surface area contributed by atoms with Gasteiger partial charge in [-0.2, -0.15) is 0 Å². The van der Waals surface area contributed by atoms with E-state index in [1.54, 1.807) is 18.2 Å². The van der Waals surface area contributed by atoms with E-state index < -0.39 is 0 Å². The van der Waals surface area contributed by atoms with Crippen molar-refractivity contribution in [3.63, 3.8) is 0 Å². The van der Waals surface area contributed by atoms with Crippen molar-refractivity contribution in [2.24, 2.45) is 0 Å². The molecule has 2 aromatic carbocycles. The van der Waals surface area contributed by atoms with Crippen molar-refractivity contribution in [2.75, 3.05) is 49.5 Å². The predicted molar refractivity (Wildman–Crippen MR) is 127 cm³/mol. The van der Waals surface area contributed by atoms with Crippen molar-refractivity contribution < 1.29 is 9.53 Å². The molecule has 1 aliphatic heterocycles. The number of thiocarbonyl (C=S) groups is 1. The molecule has 2 N–H and O–H groups in total. The number of carbonyl (C=O) groups is 1. The van der Waals surface area contributed by atoms with E-state index in [4.69, 9.17) is 28.6 Å². The Hall–Kier alpha value is -2.35. The van der Waals surface area contributed by atoms with Gasteiger partial charge in [-0.3, -0.25) is 10.1 Å². The topological polar surface area (TPSA) is 56.8 Å². The minimum absolute atomic E-state index is 0.210. The van der Waals surface area contributed by atoms with Crippen LogP contribution in [0.25, 0.3) is 0 Å². The Balaban J connectivity index is 1.58. The Morgan fingerprint density at radius 2 is 1.90 bits per heavy atom. The molecule has 1 aliphatic rings. The lowest BCUT2D eigenvalue weighted by Gasteiger charge is -2.36. The fourth-order valence-corrected chi connectivity index (χ4v) is 3.89. The van der Waals surface area contributed by atoms with E-state index in [1.807, 2.05) is 31.2 Å². The first-order valence-electron chi connectivity index (χ1n) is 10.1. The molecule has 1 heterocycles. The summed E-state index contributed by atoms with van der Waals surface area (Å²) >= 11 is 11.8. The van der Waals surface area contributed by atoms with Crippen LogP contribution in [-0.2, 0) is 0 Å². The molecule has 0 spiro atoms. The molecule has 2 aromatic rings. The first-order valence-corrected chi connectivity index (χ1v) is 10.9. The van der Waals surface area contributed by atoms with Crippen molar-refractivity contribution in [3.8, 4) is 5.75 Å². The quantitative estimate of drug-likeness (QED) is 0.654. The van der Waals surface area contributed by atoms with Crippen LogP contribution in [0.5, 0.6) is 5.75 Å². The summed E-state index contributed by atoms with van der Waals surface area (Å²) in [5.41, 5.74) is 2.22. The smallest absolute Gasteiger partial charge is 0.257 e. The SMILES string of the molecule is CCOc1cccc(C(=O)NC(=S)Nc2ccc(N3CCN(CC)CC3)c(Cl)c2)c1. The molecular weight excluding hydrogens is 420 g/mol. The number of ether oxygens (including phenoxy) is 1. The number of likely N-dealkylation sites (N-methyl/N-ethyl adjacent to an activating group) is 1. The van der Waals surface area contributed by atoms with Crippen LogP contribution in [0.4, 0.5) is 11.4 Å². The highest BCUT2D eigenvalue weighted by Crippen LogP contribution is 2.29. The van der Waals surface area contributed by atoms with Crippen LogP contribution in [-0.4, -0.2) is 55.3 Å². The van der Waals surface area contributed by atoms with Gasteiger partial charge in [-0.1, -0.05) is 24.6 Å². The van der Waals surface area contributed by atoms with E-state index in [2.05, 4.69) is 27.4 Å². The van der Waals surface area contributed by atoms with Gasteiger partial charge in [0.2, 0.25) is 0 Å². The maximum atomic E-state index is 12.4. The van der Waals surface area contributed by atoms with Gasteiger partial charge >= 0.3 is 0 Å². The van der Waals surface area contributed by atoms with Gasteiger partial charge in [0, 0.05) is 37.4 Å². The zero-order valence-corrected chi connectivity index (χ0v) is 18.9. The van der Waals surface area contributed by atoms with Crippen molar-refractivity contribution in [3.05, 3.63) is 53.1 Å². The number of amides is 1. The second kappa shape index (κ2) is 10.6. The van der Waals surface area contributed by atoms with E-state index in [-0.39, 0.29) is 11.0 Å². The number of halogens is 1. The van der Waals surface area contributed by atoms with Crippen LogP contribution in [0.15, 0.2) is 42.5 Å². The summed E-state index contributed by atoms with van der Waals surface area (Å²) in [7, 11) is 0. The average molecular weight is 447 g/mol. The predicted octanol–water partition coefficient (Wildman–Crippen LogP) is 4.01. The standard InChI is InChI=1S/C22H27ClN4O2S/c1-3-26-10-12-27(13-11-26)20-9-8-17(15-19(20)23)24-22(30)25-21(28)16-6-5-7-18(14-16)29-4-2/h5-9,14-15H,3-4,10-13H2,1-2H3,(H2,24,25,28,30). The van der Waals surface area contributed by atoms with Crippen molar-refractivity contribution in [1.29, 1.82) is 0 Å². The molecule has 0 bridgehead atoms. The molecule has 6 nitrogen and oxygen atoms in total. The van der Waals surface area contributed by atoms with Crippen molar-refractivity contribution in [1.82, 2.24) is 10.2 Å². The highest BCUT2D eigenvalue weighted by molar-refractivity contribution is 7.80. The lowest BCUT2D eigenvalue weighted by atomic mass is 10.2. The molecule has 0 atom stereocenters. The summed E-state index contributed by atoms with van der Waals surface area (Å²) in [6.07, 6.45) is 0. The molecule has 0 unspecified atom stereocenters. The number of nitrogens with one attached hydrogen (secondary N) is 2. The third-order valence-corrected chi connectivity index (χ3v) is 5.51. The number of anilines is 2. The van der Waals surface area contributed by atoms with Crippen LogP contribution in [0.2, 0.25) is 5.02 Å². The Morgan fingerprint density at radius 1 is 1.13 bits per heavy atom. The maximum Gasteiger partial charge on any atom is 0.257 e. The Bertz CT molecular complexity index is 900. The van der Waals surface area contributed by atoms with E-state index in [0.29, 0.717) is 22.9 Å². The van der Waals surface area contributed by atoms with Crippen LogP contribution in [0.1, 0.15) is 24.2 Å². The van der Waals surface area contributed by atoms with Gasteiger partial charge in [0.1, 0.15) is 5.75 Å². The minimum atomic E-state index is -0.300. The van der Waals surface area contributed by atoms with Gasteiger partial charge in [-0.15, -0.1) is 0 Å². The molecule has 0 radical (unpaired) electrons. The van der Waals surface area contributed by atoms with Gasteiger partial charge in [0.25, 0.3) is 5.91 Å². The molecule has 30 heavy (non-hydrogen) atoms. The van der Waals surface area contributed by atoms with Crippen molar-refractivity contribution >= 4 is 46.2 Å². The minimum Gasteiger partial charge on any atom is -0.494 e. The third-order valence-electron chi connectivity index (χ3n) is 5.00. The molecule has 1 fully saturated rings. The second-order valence-electron chi connectivity index (χ2n) is 6.96. The molecule has 1 saturated heterocycles. The molecular formula is C22H27ClN4O2S. The summed E-state index contributed by atoms with van der Waals surface area (Å²) in [5, 5.41) is 6.58. The number of hydrogen-bond acceptors (Lipinski definition) is 5. The fourth-order valence-electron chi connectivity index (χ4n) is 3.38. The van der Waals surface area contributed by atoms with Crippen molar-refractivity contribution in [2.45, 2.75) is 13.8 Å². The van der Waals surface area contributed by atoms with Gasteiger partial charge in [0.05, 0.1) is 17.3 Å². The normalized spacial score (nSPS) is 14.3. The van der Waals surface area contributed by atoms with Crippen LogP contribution >= 0.6 is 23.8 Å². The summed E-state index contributed by atoms with van der Waals surface area (Å²) in [6, 6.07) is 12.7. The molecule has 160 valence electrons. The van der Waals surface area contributed by atoms with Gasteiger partial charge in [-0.05, 0) is 62.1 Å². The number of benzene rings is 2. The lowest BCUT2D eigenvalue weighted by Crippen LogP contribution is -2.46. The van der Waals surface area contributed by atoms with Crippen LogP contribution in [0, 0.1) is 0 Å². The molecule has 0 aromatic heterocycles. The molecule has 1 amide bonds. The number of piperazine rings is 1. The largest absolute Gasteiger partial charge is 0.494 e. The van der Waals surface area contributed by atoms with Gasteiger partial charge in [0.15, 0.2) is 5.11 Å². The average Bonchev–Trinajstić information content (AvgIpc) is 2.74. The Morgan fingerprint density at radius 3 is 2.57 bits per heavy atom. The highest BCUT2D eigenvalue weighted by Gasteiger charge is 2.18. The second-order valence-corrected chi connectivity index (χ2v) is 7.77. The first-order chi connectivity index (χ1) is 14.5. The first kappa shape index (κ1) is 22.3. The number of nitrogens with zero attached hydrogens (tertiary/aromatic N) is 2. The molecule has 8 heteroatoms. The third kappa shape index (κ3) is 5.84. The molecule has 0 aliphatic carbocycles. The molecule has 3 rings (SSSR count). The van der Waals surface area contributed by atoms with Gasteiger partial charge < -0.3 is 19.9 Å². The number of carbonyl (C=O) groups excluding carboxylic acids is 1. The zero-order valence-electron chi connectivity index (χ0n) is 17.3. The number of rotatable bonds is 6. The highest BCUT2D eigenvalue weighted by atomic mass is 35.5. The summed E-state index contributed by atoms with van der Waals surface area (Å²) in [4.78, 5) is 17.2. The number of hydrogen-bond donors (Lipinski definition) is 2. The Labute approximate surface area is 188 Å². The van der Waals surface area contributed by atoms with Crippen LogP contribution in [0.3, 0.4) is 0 Å². The summed E-state index contributed by atoms with van der Waals surface area (Å²) < 4.78 is 5.43. The summed E-state index contributed by atoms with van der Waals surface area (Å²) in [6.45, 7) is 9.67.